The van der Waals surface area contributed by atoms with Crippen LogP contribution in [0.3, 0.4) is 0 Å². The first-order valence-electron chi connectivity index (χ1n) is 11.0. The van der Waals surface area contributed by atoms with Crippen LogP contribution in [0.15, 0.2) is 51.4 Å². The lowest BCUT2D eigenvalue weighted by molar-refractivity contribution is -0.139. The molecule has 1 atom stereocenters. The van der Waals surface area contributed by atoms with E-state index in [-0.39, 0.29) is 24.0 Å². The quantitative estimate of drug-likeness (QED) is 0.215. The van der Waals surface area contributed by atoms with Crippen LogP contribution < -0.4 is 5.32 Å². The zero-order chi connectivity index (χ0) is 28.5. The third kappa shape index (κ3) is 7.64. The minimum Gasteiger partial charge on any atom is -0.350 e. The van der Waals surface area contributed by atoms with E-state index in [4.69, 9.17) is 0 Å². The highest BCUT2D eigenvalue weighted by Gasteiger charge is 2.51. The molecule has 1 unspecified atom stereocenters. The van der Waals surface area contributed by atoms with E-state index < -0.39 is 65.9 Å². The Bertz CT molecular complexity index is 1220. The fourth-order valence-corrected chi connectivity index (χ4v) is 5.24. The van der Waals surface area contributed by atoms with Crippen molar-refractivity contribution >= 4 is 49.6 Å². The Morgan fingerprint density at radius 3 is 2.08 bits per heavy atom. The van der Waals surface area contributed by atoms with Crippen LogP contribution in [-0.2, 0) is 11.0 Å². The molecule has 1 fully saturated rings. The number of amides is 1. The minimum atomic E-state index is -5.03. The van der Waals surface area contributed by atoms with Crippen molar-refractivity contribution in [1.82, 2.24) is 5.32 Å². The second-order valence-corrected chi connectivity index (χ2v) is 10.7. The fraction of sp³-hybridized carbons (Fsp3) is 0.360. The predicted molar refractivity (Wildman–Crippen MR) is 131 cm³/mol. The van der Waals surface area contributed by atoms with Gasteiger partial charge in [0.1, 0.15) is 0 Å². The van der Waals surface area contributed by atoms with E-state index in [2.05, 4.69) is 31.9 Å². The van der Waals surface area contributed by atoms with Gasteiger partial charge in [-0.05, 0) is 48.2 Å². The lowest BCUT2D eigenvalue weighted by Crippen LogP contribution is -2.36. The van der Waals surface area contributed by atoms with Gasteiger partial charge in [0.05, 0.1) is 23.4 Å². The Morgan fingerprint density at radius 2 is 1.58 bits per heavy atom. The van der Waals surface area contributed by atoms with E-state index in [1.54, 1.807) is 0 Å². The van der Waals surface area contributed by atoms with E-state index >= 15 is 0 Å². The van der Waals surface area contributed by atoms with Crippen LogP contribution in [0.25, 0.3) is 6.08 Å². The van der Waals surface area contributed by atoms with Gasteiger partial charge in [-0.1, -0.05) is 56.1 Å². The Labute approximate surface area is 228 Å². The molecule has 0 heterocycles. The molecule has 0 bridgehead atoms. The predicted octanol–water partition coefficient (Wildman–Crippen LogP) is 8.32. The maximum absolute atomic E-state index is 13.8. The molecule has 0 aromatic heterocycles. The number of rotatable bonds is 9. The zero-order valence-electron chi connectivity index (χ0n) is 19.2. The third-order valence-corrected chi connectivity index (χ3v) is 6.89. The highest BCUT2D eigenvalue weighted by atomic mass is 79.9. The number of nitrogens with one attached hydrogen (secondary N) is 1. The van der Waals surface area contributed by atoms with E-state index in [0.717, 1.165) is 24.3 Å². The number of ketones is 1. The number of allylic oxidation sites excluding steroid dienone is 1. The molecule has 1 saturated carbocycles. The molecule has 0 radical (unpaired) electrons. The van der Waals surface area contributed by atoms with Gasteiger partial charge in [-0.3, -0.25) is 9.59 Å². The van der Waals surface area contributed by atoms with Crippen molar-refractivity contribution in [3.8, 4) is 0 Å². The number of carbonyl (C=O) groups is 2. The van der Waals surface area contributed by atoms with Gasteiger partial charge in [0, 0.05) is 20.9 Å². The summed E-state index contributed by atoms with van der Waals surface area (Å²) in [5, 5.41) is 1.99. The number of benzene rings is 2. The summed E-state index contributed by atoms with van der Waals surface area (Å²) in [5.74, 6) is -3.99. The van der Waals surface area contributed by atoms with Crippen LogP contribution >= 0.6 is 31.9 Å². The van der Waals surface area contributed by atoms with Crippen LogP contribution in [-0.4, -0.2) is 30.8 Å². The molecule has 1 aliphatic carbocycles. The van der Waals surface area contributed by atoms with Crippen molar-refractivity contribution in [3.63, 3.8) is 0 Å². The van der Waals surface area contributed by atoms with E-state index in [1.807, 2.05) is 5.32 Å². The number of alkyl halides is 8. The molecular formula is C25H19Br2F8NO2. The first kappa shape index (κ1) is 30.3. The summed E-state index contributed by atoms with van der Waals surface area (Å²) in [7, 11) is 0. The van der Waals surface area contributed by atoms with Crippen LogP contribution in [0, 0.1) is 5.41 Å². The van der Waals surface area contributed by atoms with Crippen molar-refractivity contribution < 1.29 is 44.7 Å². The summed E-state index contributed by atoms with van der Waals surface area (Å²) in [6, 6.07) is 6.48. The van der Waals surface area contributed by atoms with Gasteiger partial charge < -0.3 is 5.32 Å². The van der Waals surface area contributed by atoms with Crippen LogP contribution in [0.2, 0.25) is 0 Å². The standard InChI is InChI=1S/C25H19Br2F8NO2/c26-15-8-14(9-16(27)10-15)18(24(30,31)32)4-2-13-1-3-17(19(7-13)25(33,34)35)20(37)11-23(5-6-23)22(38)36-12-21(28)29/h1-4,7-10,18,21H,5-6,11-12H2,(H,36,38)/b4-2+. The molecule has 2 aromatic carbocycles. The molecule has 13 heteroatoms. The Balaban J connectivity index is 1.89. The summed E-state index contributed by atoms with van der Waals surface area (Å²) in [5.41, 5.74) is -3.87. The number of carbonyl (C=O) groups excluding carboxylic acids is 2. The average Bonchev–Trinajstić information content (AvgIpc) is 3.56. The third-order valence-electron chi connectivity index (χ3n) is 5.98. The summed E-state index contributed by atoms with van der Waals surface area (Å²) in [4.78, 5) is 25.0. The molecule has 1 aliphatic rings. The molecular weight excluding hydrogens is 658 g/mol. The van der Waals surface area contributed by atoms with Crippen molar-refractivity contribution in [3.05, 3.63) is 73.7 Å². The van der Waals surface area contributed by atoms with E-state index in [1.165, 1.54) is 18.2 Å². The first-order valence-corrected chi connectivity index (χ1v) is 12.6. The number of Topliss-reactive ketones (excluding diaryl/α,β-unsaturated/α-hetero) is 1. The maximum atomic E-state index is 13.8. The molecule has 1 N–H and O–H groups in total. The number of halogens is 10. The van der Waals surface area contributed by atoms with Gasteiger partial charge in [0.25, 0.3) is 6.43 Å². The fourth-order valence-electron chi connectivity index (χ4n) is 3.91. The smallest absolute Gasteiger partial charge is 0.350 e. The topological polar surface area (TPSA) is 46.2 Å². The summed E-state index contributed by atoms with van der Waals surface area (Å²) in [6.07, 6.45) is -11.3. The lowest BCUT2D eigenvalue weighted by Gasteiger charge is -2.19. The zero-order valence-corrected chi connectivity index (χ0v) is 22.4. The lowest BCUT2D eigenvalue weighted by atomic mass is 9.91. The molecule has 0 saturated heterocycles. The molecule has 0 aliphatic heterocycles. The van der Waals surface area contributed by atoms with Crippen LogP contribution in [0.5, 0.6) is 0 Å². The second kappa shape index (κ2) is 11.4. The average molecular weight is 677 g/mol. The largest absolute Gasteiger partial charge is 0.417 e. The SMILES string of the molecule is O=C(CC1(C(=O)NCC(F)F)CC1)c1ccc(/C=C/C(c2cc(Br)cc(Br)c2)C(F)(F)F)cc1C(F)(F)F. The van der Waals surface area contributed by atoms with Gasteiger partial charge in [-0.2, -0.15) is 26.3 Å². The summed E-state index contributed by atoms with van der Waals surface area (Å²) >= 11 is 6.22. The molecule has 1 amide bonds. The highest BCUT2D eigenvalue weighted by Crippen LogP contribution is 2.50. The van der Waals surface area contributed by atoms with E-state index in [0.29, 0.717) is 15.0 Å². The molecule has 206 valence electrons. The normalized spacial score (nSPS) is 16.1. The van der Waals surface area contributed by atoms with Crippen molar-refractivity contribution in [2.45, 2.75) is 44.0 Å². The molecule has 2 aromatic rings. The summed E-state index contributed by atoms with van der Waals surface area (Å²) in [6.45, 7) is -0.945. The van der Waals surface area contributed by atoms with Crippen molar-refractivity contribution in [2.24, 2.45) is 5.41 Å². The van der Waals surface area contributed by atoms with Crippen LogP contribution in [0.1, 0.15) is 52.2 Å². The maximum Gasteiger partial charge on any atom is 0.417 e. The van der Waals surface area contributed by atoms with Gasteiger partial charge in [-0.15, -0.1) is 0 Å². The molecule has 3 rings (SSSR count). The van der Waals surface area contributed by atoms with Crippen molar-refractivity contribution in [2.75, 3.05) is 6.54 Å². The highest BCUT2D eigenvalue weighted by molar-refractivity contribution is 9.11. The molecule has 0 spiro atoms. The summed E-state index contributed by atoms with van der Waals surface area (Å²) < 4.78 is 108. The second-order valence-electron chi connectivity index (χ2n) is 8.87. The van der Waals surface area contributed by atoms with Crippen LogP contribution in [0.4, 0.5) is 35.1 Å². The van der Waals surface area contributed by atoms with E-state index in [9.17, 15) is 44.7 Å². The van der Waals surface area contributed by atoms with Gasteiger partial charge in [0.15, 0.2) is 5.78 Å². The Morgan fingerprint density at radius 1 is 0.974 bits per heavy atom. The Hall–Kier alpha value is -2.28. The van der Waals surface area contributed by atoms with Gasteiger partial charge >= 0.3 is 12.4 Å². The molecule has 3 nitrogen and oxygen atoms in total. The monoisotopic (exact) mass is 675 g/mol. The minimum absolute atomic E-state index is 0.153. The van der Waals surface area contributed by atoms with Gasteiger partial charge in [0.2, 0.25) is 5.91 Å². The first-order chi connectivity index (χ1) is 17.5. The van der Waals surface area contributed by atoms with Gasteiger partial charge in [-0.25, -0.2) is 8.78 Å². The Kier molecular flexibility index (Phi) is 9.12. The number of hydrogen-bond donors (Lipinski definition) is 1. The number of hydrogen-bond acceptors (Lipinski definition) is 2. The van der Waals surface area contributed by atoms with Crippen molar-refractivity contribution in [1.29, 1.82) is 0 Å². The molecule has 38 heavy (non-hydrogen) atoms.